The Labute approximate surface area is 126 Å². The van der Waals surface area contributed by atoms with Gasteiger partial charge in [0.15, 0.2) is 0 Å². The summed E-state index contributed by atoms with van der Waals surface area (Å²) >= 11 is 5.69. The van der Waals surface area contributed by atoms with Crippen LogP contribution < -0.4 is 10.1 Å². The van der Waals surface area contributed by atoms with E-state index in [1.165, 1.54) is 25.3 Å². The van der Waals surface area contributed by atoms with E-state index in [1.807, 2.05) is 0 Å². The molecule has 1 aromatic rings. The number of nitrogens with one attached hydrogen (secondary N) is 1. The van der Waals surface area contributed by atoms with Gasteiger partial charge in [0.2, 0.25) is 0 Å². The average Bonchev–Trinajstić information content (AvgIpc) is 2.90. The van der Waals surface area contributed by atoms with E-state index in [1.54, 1.807) is 0 Å². The fourth-order valence-electron chi connectivity index (χ4n) is 2.47. The van der Waals surface area contributed by atoms with Crippen LogP contribution in [0.4, 0.5) is 13.2 Å². The largest absolute Gasteiger partial charge is 0.487 e. The van der Waals surface area contributed by atoms with Crippen molar-refractivity contribution in [1.29, 1.82) is 0 Å². The summed E-state index contributed by atoms with van der Waals surface area (Å²) in [5.74, 6) is -0.131. The molecule has 0 amide bonds. The highest BCUT2D eigenvalue weighted by molar-refractivity contribution is 6.31. The molecule has 118 valence electrons. The predicted molar refractivity (Wildman–Crippen MR) is 73.7 cm³/mol. The Morgan fingerprint density at radius 1 is 1.43 bits per heavy atom. The number of rotatable bonds is 5. The predicted octanol–water partition coefficient (Wildman–Crippen LogP) is 3.36. The Bertz CT molecular complexity index is 476. The molecule has 0 aromatic heterocycles. The van der Waals surface area contributed by atoms with Crippen LogP contribution in [0.1, 0.15) is 12.0 Å². The van der Waals surface area contributed by atoms with Crippen molar-refractivity contribution in [3.8, 4) is 5.75 Å². The Hall–Kier alpha value is -0.980. The molecule has 0 aliphatic carbocycles. The first-order valence-corrected chi connectivity index (χ1v) is 7.03. The van der Waals surface area contributed by atoms with Crippen molar-refractivity contribution in [1.82, 2.24) is 5.32 Å². The Balaban J connectivity index is 2.26. The lowest BCUT2D eigenvalue weighted by atomic mass is 10.0. The molecule has 1 aromatic carbocycles. The van der Waals surface area contributed by atoms with Crippen LogP contribution in [0.15, 0.2) is 18.2 Å². The molecule has 0 spiro atoms. The lowest BCUT2D eigenvalue weighted by Crippen LogP contribution is -2.33. The number of hydrogen-bond acceptors (Lipinski definition) is 3. The lowest BCUT2D eigenvalue weighted by Gasteiger charge is -2.25. The zero-order valence-corrected chi connectivity index (χ0v) is 12.3. The van der Waals surface area contributed by atoms with Crippen LogP contribution in [0.3, 0.4) is 0 Å². The molecule has 1 heterocycles. The zero-order chi connectivity index (χ0) is 15.5. The molecule has 0 saturated carbocycles. The van der Waals surface area contributed by atoms with E-state index in [0.717, 1.165) is 13.0 Å². The minimum Gasteiger partial charge on any atom is -0.487 e. The fraction of sp³-hybridized carbons (Fsp3) is 0.571. The number of alkyl halides is 3. The van der Waals surface area contributed by atoms with Crippen LogP contribution in [0, 0.1) is 5.92 Å². The monoisotopic (exact) mass is 323 g/mol. The van der Waals surface area contributed by atoms with Crippen molar-refractivity contribution in [2.75, 3.05) is 26.8 Å². The number of halogens is 4. The third-order valence-electron chi connectivity index (χ3n) is 3.49. The number of hydrogen-bond donors (Lipinski definition) is 1. The van der Waals surface area contributed by atoms with Crippen LogP contribution in [0.2, 0.25) is 5.02 Å². The van der Waals surface area contributed by atoms with Crippen LogP contribution in [0.25, 0.3) is 0 Å². The van der Waals surface area contributed by atoms with Gasteiger partial charge in [-0.15, -0.1) is 0 Å². The molecule has 1 N–H and O–H groups in total. The second-order valence-corrected chi connectivity index (χ2v) is 5.38. The molecule has 3 nitrogen and oxygen atoms in total. The molecule has 1 fully saturated rings. The third kappa shape index (κ3) is 4.02. The second kappa shape index (κ2) is 6.85. The molecule has 0 bridgehead atoms. The van der Waals surface area contributed by atoms with Crippen LogP contribution in [-0.4, -0.2) is 32.9 Å². The number of ether oxygens (including phenoxy) is 2. The Morgan fingerprint density at radius 3 is 2.76 bits per heavy atom. The second-order valence-electron chi connectivity index (χ2n) is 4.98. The van der Waals surface area contributed by atoms with E-state index in [9.17, 15) is 13.2 Å². The standard InChI is InChI=1S/C14H17ClF3NO2/c1-20-8-12(9-5-6-19-7-9)21-11-4-2-3-10(15)13(11)14(16,17)18/h2-4,9,12,19H,5-8H2,1H3/t9-,12-/m1/s1. The molecule has 1 saturated heterocycles. The summed E-state index contributed by atoms with van der Waals surface area (Å²) in [7, 11) is 1.50. The third-order valence-corrected chi connectivity index (χ3v) is 3.81. The van der Waals surface area contributed by atoms with Crippen molar-refractivity contribution in [3.05, 3.63) is 28.8 Å². The van der Waals surface area contributed by atoms with E-state index in [2.05, 4.69) is 5.32 Å². The van der Waals surface area contributed by atoms with Crippen LogP contribution in [-0.2, 0) is 10.9 Å². The van der Waals surface area contributed by atoms with Crippen molar-refractivity contribution in [2.45, 2.75) is 18.7 Å². The molecule has 21 heavy (non-hydrogen) atoms. The lowest BCUT2D eigenvalue weighted by molar-refractivity contribution is -0.139. The molecule has 0 unspecified atom stereocenters. The average molecular weight is 324 g/mol. The summed E-state index contributed by atoms with van der Waals surface area (Å²) in [6.07, 6.45) is -4.15. The van der Waals surface area contributed by atoms with Gasteiger partial charge in [0.25, 0.3) is 0 Å². The van der Waals surface area contributed by atoms with Gasteiger partial charge >= 0.3 is 6.18 Å². The highest BCUT2D eigenvalue weighted by Crippen LogP contribution is 2.41. The molecule has 2 rings (SSSR count). The van der Waals surface area contributed by atoms with Crippen molar-refractivity contribution < 1.29 is 22.6 Å². The van der Waals surface area contributed by atoms with Crippen LogP contribution >= 0.6 is 11.6 Å². The van der Waals surface area contributed by atoms with Crippen molar-refractivity contribution in [3.63, 3.8) is 0 Å². The first-order valence-electron chi connectivity index (χ1n) is 6.65. The SMILES string of the molecule is COC[C@@H](Oc1cccc(Cl)c1C(F)(F)F)[C@@H]1CCNC1. The van der Waals surface area contributed by atoms with Crippen molar-refractivity contribution in [2.24, 2.45) is 5.92 Å². The maximum Gasteiger partial charge on any atom is 0.421 e. The van der Waals surface area contributed by atoms with Crippen molar-refractivity contribution >= 4 is 11.6 Å². The Morgan fingerprint density at radius 2 is 2.19 bits per heavy atom. The Kier molecular flexibility index (Phi) is 5.35. The number of benzene rings is 1. The fourth-order valence-corrected chi connectivity index (χ4v) is 2.74. The van der Waals surface area contributed by atoms with Gasteiger partial charge in [-0.1, -0.05) is 17.7 Å². The molecule has 1 aliphatic heterocycles. The molecular weight excluding hydrogens is 307 g/mol. The number of methoxy groups -OCH3 is 1. The first-order chi connectivity index (χ1) is 9.93. The summed E-state index contributed by atoms with van der Waals surface area (Å²) in [4.78, 5) is 0. The van der Waals surface area contributed by atoms with Gasteiger partial charge in [0.1, 0.15) is 17.4 Å². The van der Waals surface area contributed by atoms with Gasteiger partial charge in [0, 0.05) is 19.6 Å². The van der Waals surface area contributed by atoms with E-state index in [0.29, 0.717) is 6.54 Å². The normalized spacial score (nSPS) is 20.5. The summed E-state index contributed by atoms with van der Waals surface area (Å²) in [5.41, 5.74) is -0.932. The van der Waals surface area contributed by atoms with E-state index in [4.69, 9.17) is 21.1 Å². The van der Waals surface area contributed by atoms with E-state index >= 15 is 0 Å². The zero-order valence-electron chi connectivity index (χ0n) is 11.5. The van der Waals surface area contributed by atoms with E-state index in [-0.39, 0.29) is 23.3 Å². The van der Waals surface area contributed by atoms with Gasteiger partial charge in [0.05, 0.1) is 11.6 Å². The van der Waals surface area contributed by atoms with Gasteiger partial charge in [-0.3, -0.25) is 0 Å². The summed E-state index contributed by atoms with van der Waals surface area (Å²) in [6, 6.07) is 3.95. The summed E-state index contributed by atoms with van der Waals surface area (Å²) < 4.78 is 50.0. The molecule has 1 aliphatic rings. The minimum absolute atomic E-state index is 0.116. The summed E-state index contributed by atoms with van der Waals surface area (Å²) in [5, 5.41) is 2.81. The molecular formula is C14H17ClF3NO2. The van der Waals surface area contributed by atoms with Gasteiger partial charge in [-0.05, 0) is 25.1 Å². The topological polar surface area (TPSA) is 30.5 Å². The van der Waals surface area contributed by atoms with Crippen LogP contribution in [0.5, 0.6) is 5.75 Å². The maximum absolute atomic E-state index is 13.1. The smallest absolute Gasteiger partial charge is 0.421 e. The quantitative estimate of drug-likeness (QED) is 0.901. The highest BCUT2D eigenvalue weighted by atomic mass is 35.5. The minimum atomic E-state index is -4.56. The van der Waals surface area contributed by atoms with Gasteiger partial charge in [-0.25, -0.2) is 0 Å². The molecule has 0 radical (unpaired) electrons. The summed E-state index contributed by atoms with van der Waals surface area (Å²) in [6.45, 7) is 1.77. The highest BCUT2D eigenvalue weighted by Gasteiger charge is 2.38. The molecule has 2 atom stereocenters. The maximum atomic E-state index is 13.1. The van der Waals surface area contributed by atoms with Gasteiger partial charge < -0.3 is 14.8 Å². The molecule has 7 heteroatoms. The van der Waals surface area contributed by atoms with Gasteiger partial charge in [-0.2, -0.15) is 13.2 Å². The van der Waals surface area contributed by atoms with E-state index < -0.39 is 17.8 Å². The first kappa shape index (κ1) is 16.4.